The highest BCUT2D eigenvalue weighted by molar-refractivity contribution is 7.10. The lowest BCUT2D eigenvalue weighted by Gasteiger charge is -2.40. The topological polar surface area (TPSA) is 101 Å². The van der Waals surface area contributed by atoms with E-state index in [1.165, 1.54) is 16.9 Å². The van der Waals surface area contributed by atoms with Gasteiger partial charge in [-0.2, -0.15) is 0 Å². The maximum atomic E-state index is 11.2. The molecule has 7 nitrogen and oxygen atoms in total. The summed E-state index contributed by atoms with van der Waals surface area (Å²) in [7, 11) is 1.90. The summed E-state index contributed by atoms with van der Waals surface area (Å²) in [5.74, 6) is -0.0191. The number of benzene rings is 1. The van der Waals surface area contributed by atoms with Gasteiger partial charge in [-0.15, -0.1) is 11.3 Å². The highest BCUT2D eigenvalue weighted by Crippen LogP contribution is 2.48. The molecule has 31 heavy (non-hydrogen) atoms. The van der Waals surface area contributed by atoms with Crippen LogP contribution in [0.2, 0.25) is 0 Å². The summed E-state index contributed by atoms with van der Waals surface area (Å²) in [6.07, 6.45) is 2.55. The molecule has 2 heterocycles. The molecule has 1 saturated carbocycles. The second-order valence-electron chi connectivity index (χ2n) is 8.63. The monoisotopic (exact) mass is 446 g/mol. The molecule has 5 atom stereocenters. The molecule has 2 fully saturated rings. The number of fused-ring (bicyclic) bond motifs is 1. The Morgan fingerprint density at radius 3 is 2.94 bits per heavy atom. The number of anilines is 1. The summed E-state index contributed by atoms with van der Waals surface area (Å²) >= 11 is 1.32. The van der Waals surface area contributed by atoms with E-state index in [2.05, 4.69) is 23.3 Å². The van der Waals surface area contributed by atoms with E-state index < -0.39 is 17.7 Å². The smallest absolute Gasteiger partial charge is 0.355 e. The molecule has 0 unspecified atom stereocenters. The molecule has 1 aromatic heterocycles. The Morgan fingerprint density at radius 1 is 1.45 bits per heavy atom. The molecule has 1 aliphatic heterocycles. The molecule has 8 heteroatoms. The van der Waals surface area contributed by atoms with Crippen molar-refractivity contribution in [2.75, 3.05) is 19.0 Å². The van der Waals surface area contributed by atoms with Crippen molar-refractivity contribution in [1.29, 1.82) is 0 Å². The number of carbonyl (C=O) groups is 1. The second-order valence-corrected chi connectivity index (χ2v) is 9.49. The van der Waals surface area contributed by atoms with Crippen LogP contribution in [-0.2, 0) is 16.8 Å². The highest BCUT2D eigenvalue weighted by atomic mass is 32.1. The number of hydrogen-bond acceptors (Lipinski definition) is 7. The van der Waals surface area contributed by atoms with Crippen molar-refractivity contribution in [3.63, 3.8) is 0 Å². The lowest BCUT2D eigenvalue weighted by Crippen LogP contribution is -2.41. The Bertz CT molecular complexity index is 948. The van der Waals surface area contributed by atoms with Crippen molar-refractivity contribution in [1.82, 2.24) is 4.98 Å². The molecule has 168 valence electrons. The zero-order valence-electron chi connectivity index (χ0n) is 18.1. The molecule has 1 saturated heterocycles. The van der Waals surface area contributed by atoms with Crippen molar-refractivity contribution in [2.45, 2.75) is 57.3 Å². The lowest BCUT2D eigenvalue weighted by molar-refractivity contribution is -0.145. The molecule has 1 aliphatic carbocycles. The van der Waals surface area contributed by atoms with Crippen molar-refractivity contribution < 1.29 is 24.5 Å². The molecular formula is C23H30N2O5S. The maximum absolute atomic E-state index is 11.2. The molecule has 1 aromatic carbocycles. The number of aliphatic hydroxyl groups is 1. The fourth-order valence-electron chi connectivity index (χ4n) is 4.90. The fraction of sp³-hybridized carbons (Fsp3) is 0.565. The maximum Gasteiger partial charge on any atom is 0.355 e. The number of carboxylic acids is 1. The van der Waals surface area contributed by atoms with Gasteiger partial charge in [0.05, 0.1) is 18.8 Å². The quantitative estimate of drug-likeness (QED) is 0.593. The summed E-state index contributed by atoms with van der Waals surface area (Å²) in [6.45, 7) is 4.53. The van der Waals surface area contributed by atoms with E-state index >= 15 is 0 Å². The fourth-order valence-corrected chi connectivity index (χ4v) is 5.83. The zero-order valence-corrected chi connectivity index (χ0v) is 18.9. The van der Waals surface area contributed by atoms with Gasteiger partial charge in [-0.05, 0) is 43.7 Å². The normalized spacial score (nSPS) is 30.1. The predicted octanol–water partition coefficient (Wildman–Crippen LogP) is 3.92. The first-order valence-corrected chi connectivity index (χ1v) is 11.7. The first kappa shape index (κ1) is 22.0. The van der Waals surface area contributed by atoms with Crippen LogP contribution < -0.4 is 10.1 Å². The highest BCUT2D eigenvalue weighted by Gasteiger charge is 2.51. The Balaban J connectivity index is 1.42. The van der Waals surface area contributed by atoms with Crippen LogP contribution in [0.15, 0.2) is 23.6 Å². The van der Waals surface area contributed by atoms with Crippen molar-refractivity contribution in [3.8, 4) is 5.75 Å². The van der Waals surface area contributed by atoms with E-state index in [-0.39, 0.29) is 23.6 Å². The minimum absolute atomic E-state index is 0.00399. The largest absolute Gasteiger partial charge is 0.493 e. The molecule has 2 aromatic rings. The van der Waals surface area contributed by atoms with E-state index in [1.807, 2.05) is 26.1 Å². The number of rotatable bonds is 7. The van der Waals surface area contributed by atoms with Gasteiger partial charge >= 0.3 is 5.97 Å². The van der Waals surface area contributed by atoms with Crippen LogP contribution in [0.25, 0.3) is 0 Å². The number of ether oxygens (including phenoxy) is 2. The molecule has 0 bridgehead atoms. The van der Waals surface area contributed by atoms with Crippen molar-refractivity contribution in [3.05, 3.63) is 39.8 Å². The molecule has 0 radical (unpaired) electrons. The molecule has 0 amide bonds. The van der Waals surface area contributed by atoms with Crippen molar-refractivity contribution >= 4 is 23.0 Å². The first-order chi connectivity index (χ1) is 14.8. The number of hydrogen-bond donors (Lipinski definition) is 3. The molecule has 0 spiro atoms. The SMILES string of the molecule is CCc1ccc(OC[C@@H]2[C@H]3CC[C@](C)(c4nc(C(=O)O)cs4)O[C@H]3C[C@@H]2O)cc1NC. The number of aryl methyl sites for hydroxylation is 1. The minimum atomic E-state index is -1.03. The standard InChI is InChI=1S/C23H30N2O5S/c1-4-13-5-6-14(9-17(13)24-3)29-11-16-15-7-8-23(2,30-20(15)10-19(16)26)22-25-18(12-31-22)21(27)28/h5-6,9,12,15-16,19-20,24,26H,4,7-8,10-11H2,1-3H3,(H,27,28)/t15-,16-,19+,20+,23-/m1/s1. The Kier molecular flexibility index (Phi) is 6.23. The van der Waals surface area contributed by atoms with Crippen LogP contribution in [0.1, 0.15) is 54.2 Å². The summed E-state index contributed by atoms with van der Waals surface area (Å²) in [6, 6.07) is 6.06. The average Bonchev–Trinajstić information content (AvgIpc) is 3.37. The number of nitrogens with one attached hydrogen (secondary N) is 1. The third-order valence-corrected chi connectivity index (χ3v) is 7.80. The van der Waals surface area contributed by atoms with E-state index in [1.54, 1.807) is 5.38 Å². The second kappa shape index (κ2) is 8.76. The van der Waals surface area contributed by atoms with Crippen LogP contribution in [0.4, 0.5) is 5.69 Å². The van der Waals surface area contributed by atoms with Gasteiger partial charge < -0.3 is 25.0 Å². The van der Waals surface area contributed by atoms with Crippen LogP contribution in [0.5, 0.6) is 5.75 Å². The van der Waals surface area contributed by atoms with Gasteiger partial charge in [0.1, 0.15) is 16.4 Å². The Hall–Kier alpha value is -2.16. The number of thiazole rings is 1. The third kappa shape index (κ3) is 4.29. The van der Waals surface area contributed by atoms with E-state index in [4.69, 9.17) is 14.6 Å². The number of nitrogens with zero attached hydrogens (tertiary/aromatic N) is 1. The van der Waals surface area contributed by atoms with E-state index in [0.717, 1.165) is 30.7 Å². The van der Waals surface area contributed by atoms with E-state index in [9.17, 15) is 9.90 Å². The third-order valence-electron chi connectivity index (χ3n) is 6.71. The summed E-state index contributed by atoms with van der Waals surface area (Å²) in [5.41, 5.74) is 1.74. The van der Waals surface area contributed by atoms with Crippen molar-refractivity contribution in [2.24, 2.45) is 11.8 Å². The summed E-state index contributed by atoms with van der Waals surface area (Å²) in [4.78, 5) is 15.5. The number of aromatic carboxylic acids is 1. The molecular weight excluding hydrogens is 416 g/mol. The molecule has 4 rings (SSSR count). The van der Waals surface area contributed by atoms with Crippen LogP contribution in [-0.4, -0.2) is 47.0 Å². The minimum Gasteiger partial charge on any atom is -0.493 e. The van der Waals surface area contributed by atoms with Gasteiger partial charge in [-0.1, -0.05) is 13.0 Å². The summed E-state index contributed by atoms with van der Waals surface area (Å²) < 4.78 is 12.5. The Morgan fingerprint density at radius 2 is 2.26 bits per heavy atom. The van der Waals surface area contributed by atoms with Gasteiger partial charge in [0.15, 0.2) is 5.69 Å². The number of carboxylic acid groups (broad SMARTS) is 1. The molecule has 2 aliphatic rings. The average molecular weight is 447 g/mol. The van der Waals surface area contributed by atoms with Crippen LogP contribution in [0, 0.1) is 11.8 Å². The summed E-state index contributed by atoms with van der Waals surface area (Å²) in [5, 5.41) is 25.4. The first-order valence-electron chi connectivity index (χ1n) is 10.8. The number of aliphatic hydroxyl groups excluding tert-OH is 1. The zero-order chi connectivity index (χ0) is 22.2. The van der Waals surface area contributed by atoms with Crippen LogP contribution in [0.3, 0.4) is 0 Å². The van der Waals surface area contributed by atoms with Gasteiger partial charge in [-0.25, -0.2) is 9.78 Å². The van der Waals surface area contributed by atoms with Gasteiger partial charge in [0.25, 0.3) is 0 Å². The van der Waals surface area contributed by atoms with Crippen LogP contribution >= 0.6 is 11.3 Å². The molecule has 3 N–H and O–H groups in total. The predicted molar refractivity (Wildman–Crippen MR) is 119 cm³/mol. The van der Waals surface area contributed by atoms with Gasteiger partial charge in [0.2, 0.25) is 0 Å². The van der Waals surface area contributed by atoms with Gasteiger partial charge in [0, 0.05) is 36.5 Å². The number of aromatic nitrogens is 1. The van der Waals surface area contributed by atoms with E-state index in [0.29, 0.717) is 18.0 Å². The Labute approximate surface area is 186 Å². The van der Waals surface area contributed by atoms with Gasteiger partial charge in [-0.3, -0.25) is 0 Å². The lowest BCUT2D eigenvalue weighted by atomic mass is 9.83.